The maximum Gasteiger partial charge on any atom is 0.255 e. The zero-order chi connectivity index (χ0) is 8.32. The first kappa shape index (κ1) is 7.87. The van der Waals surface area contributed by atoms with Gasteiger partial charge in [0.2, 0.25) is 5.91 Å². The third-order valence-corrected chi connectivity index (χ3v) is 1.33. The van der Waals surface area contributed by atoms with E-state index in [1.807, 2.05) is 5.43 Å². The monoisotopic (exact) mass is 158 g/mol. The number of ether oxygens (including phenoxy) is 2. The molecule has 3 N–H and O–H groups in total. The number of amides is 1. The second-order valence-electron chi connectivity index (χ2n) is 2.39. The van der Waals surface area contributed by atoms with Crippen LogP contribution in [-0.4, -0.2) is 11.7 Å². The molecular formula is C6H10N2O3. The summed E-state index contributed by atoms with van der Waals surface area (Å²) in [5, 5.41) is 0. The standard InChI is InChI=1S/C6H10N2O3/c1-6(4-5(9)8-7)10-2-3-11-6/h2-3H,4,7H2,1H3,(H,8,9). The largest absolute Gasteiger partial charge is 0.457 e. The Morgan fingerprint density at radius 3 is 2.64 bits per heavy atom. The minimum absolute atomic E-state index is 0.0799. The van der Waals surface area contributed by atoms with Crippen molar-refractivity contribution in [1.29, 1.82) is 0 Å². The van der Waals surface area contributed by atoms with E-state index in [2.05, 4.69) is 0 Å². The molecule has 1 aliphatic rings. The fraction of sp³-hybridized carbons (Fsp3) is 0.500. The van der Waals surface area contributed by atoms with E-state index in [1.54, 1.807) is 6.92 Å². The van der Waals surface area contributed by atoms with Crippen LogP contribution in [0.4, 0.5) is 0 Å². The fourth-order valence-corrected chi connectivity index (χ4v) is 0.797. The Morgan fingerprint density at radius 1 is 1.64 bits per heavy atom. The van der Waals surface area contributed by atoms with Gasteiger partial charge < -0.3 is 9.47 Å². The van der Waals surface area contributed by atoms with Crippen LogP contribution in [0.25, 0.3) is 0 Å². The Bertz CT molecular complexity index is 182. The molecule has 0 unspecified atom stereocenters. The molecule has 0 atom stereocenters. The minimum atomic E-state index is -0.885. The number of carbonyl (C=O) groups is 1. The molecule has 0 fully saturated rings. The normalized spacial score (nSPS) is 18.7. The van der Waals surface area contributed by atoms with E-state index in [1.165, 1.54) is 12.5 Å². The van der Waals surface area contributed by atoms with Crippen molar-refractivity contribution in [2.24, 2.45) is 5.84 Å². The van der Waals surface area contributed by atoms with E-state index < -0.39 is 5.79 Å². The van der Waals surface area contributed by atoms with Gasteiger partial charge in [0.15, 0.2) is 0 Å². The highest BCUT2D eigenvalue weighted by molar-refractivity contribution is 5.76. The van der Waals surface area contributed by atoms with Crippen molar-refractivity contribution in [1.82, 2.24) is 5.43 Å². The van der Waals surface area contributed by atoms with Crippen LogP contribution < -0.4 is 11.3 Å². The van der Waals surface area contributed by atoms with Crippen molar-refractivity contribution in [2.75, 3.05) is 0 Å². The summed E-state index contributed by atoms with van der Waals surface area (Å²) in [5.74, 6) is 3.67. The van der Waals surface area contributed by atoms with Crippen LogP contribution in [0.3, 0.4) is 0 Å². The molecule has 1 aliphatic heterocycles. The van der Waals surface area contributed by atoms with Gasteiger partial charge in [-0.05, 0) is 0 Å². The highest BCUT2D eigenvalue weighted by atomic mass is 16.7. The molecule has 11 heavy (non-hydrogen) atoms. The Balaban J connectivity index is 2.41. The summed E-state index contributed by atoms with van der Waals surface area (Å²) in [6.07, 6.45) is 2.87. The first-order valence-electron chi connectivity index (χ1n) is 3.16. The van der Waals surface area contributed by atoms with Crippen molar-refractivity contribution in [3.8, 4) is 0 Å². The molecule has 5 nitrogen and oxygen atoms in total. The smallest absolute Gasteiger partial charge is 0.255 e. The highest BCUT2D eigenvalue weighted by Gasteiger charge is 2.32. The van der Waals surface area contributed by atoms with Crippen LogP contribution in [0.2, 0.25) is 0 Å². The van der Waals surface area contributed by atoms with Gasteiger partial charge in [-0.25, -0.2) is 5.84 Å². The van der Waals surface area contributed by atoms with E-state index in [4.69, 9.17) is 15.3 Å². The maximum atomic E-state index is 10.7. The van der Waals surface area contributed by atoms with Gasteiger partial charge in [0.05, 0.1) is 0 Å². The van der Waals surface area contributed by atoms with Crippen LogP contribution in [0, 0.1) is 0 Å². The second-order valence-corrected chi connectivity index (χ2v) is 2.39. The summed E-state index contributed by atoms with van der Waals surface area (Å²) in [5.41, 5.74) is 1.99. The summed E-state index contributed by atoms with van der Waals surface area (Å²) in [4.78, 5) is 10.7. The molecule has 0 aliphatic carbocycles. The number of hydrogen-bond donors (Lipinski definition) is 2. The summed E-state index contributed by atoms with van der Waals surface area (Å²) < 4.78 is 9.99. The van der Waals surface area contributed by atoms with E-state index in [-0.39, 0.29) is 12.3 Å². The molecule has 0 bridgehead atoms. The molecule has 0 aromatic heterocycles. The first-order chi connectivity index (χ1) is 5.16. The molecule has 0 saturated carbocycles. The van der Waals surface area contributed by atoms with Crippen molar-refractivity contribution >= 4 is 5.91 Å². The SMILES string of the molecule is CC1(CC(=O)NN)OC=CO1. The van der Waals surface area contributed by atoms with Crippen LogP contribution >= 0.6 is 0 Å². The molecule has 62 valence electrons. The van der Waals surface area contributed by atoms with Gasteiger partial charge in [-0.15, -0.1) is 0 Å². The van der Waals surface area contributed by atoms with Crippen LogP contribution in [-0.2, 0) is 14.3 Å². The van der Waals surface area contributed by atoms with Gasteiger partial charge in [0.1, 0.15) is 18.9 Å². The molecule has 0 spiro atoms. The molecule has 0 aromatic carbocycles. The number of rotatable bonds is 2. The minimum Gasteiger partial charge on any atom is -0.457 e. The molecule has 5 heteroatoms. The van der Waals surface area contributed by atoms with Crippen molar-refractivity contribution in [3.05, 3.63) is 12.5 Å². The zero-order valence-electron chi connectivity index (χ0n) is 6.16. The van der Waals surface area contributed by atoms with E-state index >= 15 is 0 Å². The lowest BCUT2D eigenvalue weighted by Crippen LogP contribution is -2.38. The van der Waals surface area contributed by atoms with Crippen molar-refractivity contribution in [3.63, 3.8) is 0 Å². The fourth-order valence-electron chi connectivity index (χ4n) is 0.797. The molecule has 1 amide bonds. The number of nitrogens with two attached hydrogens (primary N) is 1. The van der Waals surface area contributed by atoms with E-state index in [0.29, 0.717) is 0 Å². The van der Waals surface area contributed by atoms with Gasteiger partial charge in [0, 0.05) is 6.92 Å². The van der Waals surface area contributed by atoms with Crippen LogP contribution in [0.5, 0.6) is 0 Å². The van der Waals surface area contributed by atoms with Crippen LogP contribution in [0.1, 0.15) is 13.3 Å². The Labute approximate surface area is 64.1 Å². The van der Waals surface area contributed by atoms with Gasteiger partial charge in [-0.2, -0.15) is 0 Å². The topological polar surface area (TPSA) is 73.6 Å². The van der Waals surface area contributed by atoms with E-state index in [0.717, 1.165) is 0 Å². The quantitative estimate of drug-likeness (QED) is 0.326. The predicted molar refractivity (Wildman–Crippen MR) is 36.7 cm³/mol. The molecule has 0 aromatic rings. The van der Waals surface area contributed by atoms with E-state index in [9.17, 15) is 4.79 Å². The molecule has 1 rings (SSSR count). The molecular weight excluding hydrogens is 148 g/mol. The van der Waals surface area contributed by atoms with Crippen molar-refractivity contribution in [2.45, 2.75) is 19.1 Å². The number of nitrogens with one attached hydrogen (secondary N) is 1. The average Bonchev–Trinajstić information content (AvgIpc) is 2.36. The summed E-state index contributed by atoms with van der Waals surface area (Å²) in [6.45, 7) is 1.66. The Hall–Kier alpha value is -1.23. The number of hydrogen-bond acceptors (Lipinski definition) is 4. The molecule has 0 saturated heterocycles. The lowest BCUT2D eigenvalue weighted by atomic mass is 10.2. The van der Waals surface area contributed by atoms with Gasteiger partial charge in [-0.3, -0.25) is 10.2 Å². The molecule has 1 heterocycles. The summed E-state index contributed by atoms with van der Waals surface area (Å²) >= 11 is 0. The molecule has 0 radical (unpaired) electrons. The number of hydrazine groups is 1. The maximum absolute atomic E-state index is 10.7. The number of carbonyl (C=O) groups excluding carboxylic acids is 1. The van der Waals surface area contributed by atoms with Crippen molar-refractivity contribution < 1.29 is 14.3 Å². The third-order valence-electron chi connectivity index (χ3n) is 1.33. The first-order valence-corrected chi connectivity index (χ1v) is 3.16. The lowest BCUT2D eigenvalue weighted by Gasteiger charge is -2.21. The third kappa shape index (κ3) is 1.84. The summed E-state index contributed by atoms with van der Waals surface area (Å²) in [6, 6.07) is 0. The zero-order valence-corrected chi connectivity index (χ0v) is 6.16. The Morgan fingerprint density at radius 2 is 2.18 bits per heavy atom. The second kappa shape index (κ2) is 2.79. The summed E-state index contributed by atoms with van der Waals surface area (Å²) in [7, 11) is 0. The van der Waals surface area contributed by atoms with Crippen LogP contribution in [0.15, 0.2) is 12.5 Å². The predicted octanol–water partition coefficient (Wildman–Crippen LogP) is -0.399. The van der Waals surface area contributed by atoms with Gasteiger partial charge in [-0.1, -0.05) is 0 Å². The highest BCUT2D eigenvalue weighted by Crippen LogP contribution is 2.22. The van der Waals surface area contributed by atoms with Gasteiger partial charge >= 0.3 is 0 Å². The average molecular weight is 158 g/mol. The Kier molecular flexibility index (Phi) is 2.00. The van der Waals surface area contributed by atoms with Gasteiger partial charge in [0.25, 0.3) is 5.79 Å². The lowest BCUT2D eigenvalue weighted by molar-refractivity contribution is -0.151.